The fourth-order valence-electron chi connectivity index (χ4n) is 3.84. The van der Waals surface area contributed by atoms with E-state index in [1.807, 2.05) is 36.6 Å². The van der Waals surface area contributed by atoms with Gasteiger partial charge in [-0.3, -0.25) is 9.59 Å². The minimum Gasteiger partial charge on any atom is -0.478 e. The van der Waals surface area contributed by atoms with Crippen molar-refractivity contribution in [2.24, 2.45) is 0 Å². The number of anilines is 2. The molecule has 3 aromatic carbocycles. The predicted molar refractivity (Wildman–Crippen MR) is 158 cm³/mol. The average molecular weight is 575 g/mol. The molecule has 0 unspecified atom stereocenters. The fraction of sp³-hybridized carbons (Fsp3) is 0.133. The lowest BCUT2D eigenvalue weighted by Crippen LogP contribution is -2.17. The Labute approximate surface area is 239 Å². The number of aromatic carboxylic acids is 1. The van der Waals surface area contributed by atoms with Gasteiger partial charge in [0.05, 0.1) is 23.5 Å². The molecule has 10 heteroatoms. The van der Waals surface area contributed by atoms with Crippen LogP contribution in [-0.4, -0.2) is 41.2 Å². The summed E-state index contributed by atoms with van der Waals surface area (Å²) in [5, 5.41) is 17.1. The van der Waals surface area contributed by atoms with Gasteiger partial charge in [-0.05, 0) is 49.7 Å². The maximum atomic E-state index is 12.9. The van der Waals surface area contributed by atoms with Crippen LogP contribution in [-0.2, 0) is 9.53 Å². The number of esters is 1. The maximum absolute atomic E-state index is 12.9. The molecule has 8 nitrogen and oxygen atoms in total. The second-order valence-corrected chi connectivity index (χ2v) is 10.5. The van der Waals surface area contributed by atoms with Gasteiger partial charge >= 0.3 is 11.9 Å². The van der Waals surface area contributed by atoms with Crippen LogP contribution in [0.3, 0.4) is 0 Å². The summed E-state index contributed by atoms with van der Waals surface area (Å²) in [6.45, 7) is 3.92. The van der Waals surface area contributed by atoms with Crippen molar-refractivity contribution in [3.63, 3.8) is 0 Å². The molecule has 0 spiro atoms. The Hall–Kier alpha value is -4.41. The van der Waals surface area contributed by atoms with E-state index in [0.717, 1.165) is 16.0 Å². The number of ether oxygens (including phenoxy) is 1. The molecule has 0 saturated heterocycles. The van der Waals surface area contributed by atoms with Gasteiger partial charge in [0.15, 0.2) is 0 Å². The van der Waals surface area contributed by atoms with Gasteiger partial charge in [-0.15, -0.1) is 23.1 Å². The second kappa shape index (κ2) is 13.1. The fourth-order valence-corrected chi connectivity index (χ4v) is 5.57. The molecule has 0 aliphatic heterocycles. The smallest absolute Gasteiger partial charge is 0.341 e. The molecule has 0 atom stereocenters. The Bertz CT molecular complexity index is 1560. The standard InChI is InChI=1S/C30H26N2O6S2/c1-3-38-30(37)26-24(19-13-11-18(2)12-14-19)16-40-28(26)32-25(33)17-39-21-8-6-7-20(15-21)31-27(34)22-9-4-5-10-23(22)29(35)36/h4-16H,3,17H2,1-2H3,(H,31,34)(H,32,33)(H,35,36). The lowest BCUT2D eigenvalue weighted by Gasteiger charge is -2.10. The molecule has 4 rings (SSSR count). The number of carbonyl (C=O) groups is 4. The number of thiophene rings is 1. The van der Waals surface area contributed by atoms with Crippen molar-refractivity contribution in [1.82, 2.24) is 0 Å². The highest BCUT2D eigenvalue weighted by molar-refractivity contribution is 8.00. The van der Waals surface area contributed by atoms with E-state index in [9.17, 15) is 24.3 Å². The Morgan fingerprint density at radius 1 is 0.925 bits per heavy atom. The number of carbonyl (C=O) groups excluding carboxylic acids is 3. The second-order valence-electron chi connectivity index (χ2n) is 8.61. The molecule has 0 bridgehead atoms. The third kappa shape index (κ3) is 6.96. The van der Waals surface area contributed by atoms with Gasteiger partial charge in [0.2, 0.25) is 5.91 Å². The summed E-state index contributed by atoms with van der Waals surface area (Å²) in [4.78, 5) is 50.5. The van der Waals surface area contributed by atoms with Crippen LogP contribution in [0, 0.1) is 6.92 Å². The van der Waals surface area contributed by atoms with E-state index in [1.165, 1.54) is 35.2 Å². The first kappa shape index (κ1) is 28.6. The summed E-state index contributed by atoms with van der Waals surface area (Å²) in [7, 11) is 0. The number of carboxylic acid groups (broad SMARTS) is 1. The molecule has 0 saturated carbocycles. The zero-order chi connectivity index (χ0) is 28.6. The van der Waals surface area contributed by atoms with Crippen LogP contribution >= 0.6 is 23.1 Å². The topological polar surface area (TPSA) is 122 Å². The lowest BCUT2D eigenvalue weighted by molar-refractivity contribution is -0.113. The molecular weight excluding hydrogens is 548 g/mol. The number of rotatable bonds is 10. The van der Waals surface area contributed by atoms with Crippen LogP contribution in [0.2, 0.25) is 0 Å². The first-order valence-corrected chi connectivity index (χ1v) is 14.2. The Morgan fingerprint density at radius 2 is 1.65 bits per heavy atom. The molecule has 0 fully saturated rings. The minimum absolute atomic E-state index is 0.0470. The van der Waals surface area contributed by atoms with Gasteiger partial charge in [-0.25, -0.2) is 9.59 Å². The van der Waals surface area contributed by atoms with Crippen molar-refractivity contribution < 1.29 is 29.0 Å². The number of amides is 2. The monoisotopic (exact) mass is 574 g/mol. The lowest BCUT2D eigenvalue weighted by atomic mass is 10.0. The van der Waals surface area contributed by atoms with Crippen molar-refractivity contribution in [3.8, 4) is 11.1 Å². The summed E-state index contributed by atoms with van der Waals surface area (Å²) < 4.78 is 5.27. The predicted octanol–water partition coefficient (Wildman–Crippen LogP) is 6.58. The summed E-state index contributed by atoms with van der Waals surface area (Å²) in [5.74, 6) is -2.50. The average Bonchev–Trinajstić information content (AvgIpc) is 3.36. The van der Waals surface area contributed by atoms with Crippen LogP contribution in [0.4, 0.5) is 10.7 Å². The number of nitrogens with one attached hydrogen (secondary N) is 2. The molecular formula is C30H26N2O6S2. The van der Waals surface area contributed by atoms with Gasteiger partial charge in [0, 0.05) is 21.5 Å². The van der Waals surface area contributed by atoms with Crippen molar-refractivity contribution >= 4 is 57.5 Å². The van der Waals surface area contributed by atoms with Crippen LogP contribution in [0.1, 0.15) is 43.6 Å². The third-order valence-corrected chi connectivity index (χ3v) is 7.64. The molecule has 204 valence electrons. The van der Waals surface area contributed by atoms with Gasteiger partial charge in [-0.2, -0.15) is 0 Å². The van der Waals surface area contributed by atoms with E-state index in [4.69, 9.17) is 4.74 Å². The Balaban J connectivity index is 1.44. The highest BCUT2D eigenvalue weighted by Crippen LogP contribution is 2.36. The van der Waals surface area contributed by atoms with Gasteiger partial charge in [-0.1, -0.05) is 48.0 Å². The van der Waals surface area contributed by atoms with Crippen molar-refractivity contribution in [1.29, 1.82) is 0 Å². The third-order valence-electron chi connectivity index (χ3n) is 5.75. The highest BCUT2D eigenvalue weighted by Gasteiger charge is 2.23. The van der Waals surface area contributed by atoms with Gasteiger partial charge in [0.1, 0.15) is 10.6 Å². The summed E-state index contributed by atoms with van der Waals surface area (Å²) >= 11 is 2.51. The quantitative estimate of drug-likeness (QED) is 0.144. The molecule has 40 heavy (non-hydrogen) atoms. The molecule has 0 aliphatic rings. The number of hydrogen-bond donors (Lipinski definition) is 3. The summed E-state index contributed by atoms with van der Waals surface area (Å²) in [6, 6.07) is 20.6. The molecule has 1 aromatic heterocycles. The van der Waals surface area contributed by atoms with Crippen LogP contribution < -0.4 is 10.6 Å². The number of thioether (sulfide) groups is 1. The van der Waals surface area contributed by atoms with E-state index in [2.05, 4.69) is 10.6 Å². The summed E-state index contributed by atoms with van der Waals surface area (Å²) in [6.07, 6.45) is 0. The molecule has 1 heterocycles. The van der Waals surface area contributed by atoms with Crippen molar-refractivity contribution in [2.45, 2.75) is 18.7 Å². The van der Waals surface area contributed by atoms with Crippen LogP contribution in [0.15, 0.2) is 83.1 Å². The summed E-state index contributed by atoms with van der Waals surface area (Å²) in [5.41, 5.74) is 3.37. The minimum atomic E-state index is -1.19. The van der Waals surface area contributed by atoms with E-state index in [1.54, 1.807) is 43.3 Å². The first-order chi connectivity index (χ1) is 19.3. The first-order valence-electron chi connectivity index (χ1n) is 12.3. The molecule has 2 amide bonds. The SMILES string of the molecule is CCOC(=O)c1c(-c2ccc(C)cc2)csc1NC(=O)CSc1cccc(NC(=O)c2ccccc2C(=O)O)c1. The molecule has 0 radical (unpaired) electrons. The number of aryl methyl sites for hydroxylation is 1. The zero-order valence-corrected chi connectivity index (χ0v) is 23.4. The molecule has 3 N–H and O–H groups in total. The van der Waals surface area contributed by atoms with E-state index in [-0.39, 0.29) is 29.4 Å². The van der Waals surface area contributed by atoms with E-state index >= 15 is 0 Å². The van der Waals surface area contributed by atoms with E-state index in [0.29, 0.717) is 21.8 Å². The number of hydrogen-bond acceptors (Lipinski definition) is 7. The highest BCUT2D eigenvalue weighted by atomic mass is 32.2. The Morgan fingerprint density at radius 3 is 2.35 bits per heavy atom. The molecule has 0 aliphatic carbocycles. The van der Waals surface area contributed by atoms with Crippen LogP contribution in [0.5, 0.6) is 0 Å². The van der Waals surface area contributed by atoms with Gasteiger partial charge in [0.25, 0.3) is 5.91 Å². The number of benzene rings is 3. The zero-order valence-electron chi connectivity index (χ0n) is 21.7. The molecule has 4 aromatic rings. The van der Waals surface area contributed by atoms with Gasteiger partial charge < -0.3 is 20.5 Å². The van der Waals surface area contributed by atoms with Crippen LogP contribution in [0.25, 0.3) is 11.1 Å². The largest absolute Gasteiger partial charge is 0.478 e. The van der Waals surface area contributed by atoms with Crippen molar-refractivity contribution in [2.75, 3.05) is 23.0 Å². The van der Waals surface area contributed by atoms with E-state index < -0.39 is 17.8 Å². The maximum Gasteiger partial charge on any atom is 0.341 e. The normalized spacial score (nSPS) is 10.6. The number of carboxylic acids is 1. The Kier molecular flexibility index (Phi) is 9.36. The van der Waals surface area contributed by atoms with Crippen molar-refractivity contribution in [3.05, 3.63) is 100 Å².